The van der Waals surface area contributed by atoms with E-state index >= 15 is 0 Å². The molecule has 1 rings (SSSR count). The number of aromatic amines is 1. The van der Waals surface area contributed by atoms with E-state index in [0.717, 1.165) is 6.42 Å². The zero-order chi connectivity index (χ0) is 8.81. The highest BCUT2D eigenvalue weighted by atomic mass is 16.2. The van der Waals surface area contributed by atoms with Gasteiger partial charge in [-0.2, -0.15) is 5.32 Å². The Morgan fingerprint density at radius 2 is 2.67 bits per heavy atom. The van der Waals surface area contributed by atoms with E-state index in [1.807, 2.05) is 6.92 Å². The molecule has 12 heavy (non-hydrogen) atoms. The number of carbonyl (C=O) groups excluding carboxylic acids is 1. The summed E-state index contributed by atoms with van der Waals surface area (Å²) in [5, 5.41) is 6.31. The summed E-state index contributed by atoms with van der Waals surface area (Å²) in [6, 6.07) is -0.332. The molecule has 5 nitrogen and oxygen atoms in total. The van der Waals surface area contributed by atoms with Crippen molar-refractivity contribution in [2.75, 3.05) is 6.54 Å². The number of nitrogens with one attached hydrogen (secondary N) is 2. The van der Waals surface area contributed by atoms with Crippen LogP contribution in [-0.4, -0.2) is 22.5 Å². The Bertz CT molecular complexity index is 232. The Morgan fingerprint density at radius 3 is 3.25 bits per heavy atom. The molecule has 0 aliphatic heterocycles. The Hall–Kier alpha value is -1.52. The molecule has 2 amide bonds. The smallest absolute Gasteiger partial charge is 0.336 e. The lowest BCUT2D eigenvalue weighted by molar-refractivity contribution is 0.244. The highest BCUT2D eigenvalue weighted by Gasteiger charge is 2.02. The molecule has 2 N–H and O–H groups in total. The van der Waals surface area contributed by atoms with Gasteiger partial charge in [-0.15, -0.1) is 0 Å². The Morgan fingerprint density at radius 1 is 1.83 bits per heavy atom. The summed E-state index contributed by atoms with van der Waals surface area (Å²) in [4.78, 5) is 17.4. The summed E-state index contributed by atoms with van der Waals surface area (Å²) in [6.45, 7) is 2.63. The van der Waals surface area contributed by atoms with E-state index in [-0.39, 0.29) is 6.03 Å². The summed E-state index contributed by atoms with van der Waals surface area (Å²) in [5.74, 6) is 0.476. The van der Waals surface area contributed by atoms with Crippen LogP contribution < -0.4 is 10.6 Å². The van der Waals surface area contributed by atoms with Crippen molar-refractivity contribution >= 4 is 11.8 Å². The van der Waals surface area contributed by atoms with Crippen LogP contribution in [0.25, 0.3) is 0 Å². The van der Waals surface area contributed by atoms with Gasteiger partial charge in [0.1, 0.15) is 0 Å². The normalized spacial score (nSPS) is 9.42. The fraction of sp³-hybridized carbons (Fsp3) is 0.429. The number of H-pyrrole nitrogens is 1. The SMILES string of the molecule is CCCNC(=O)[N]c1cnc[nH]1. The first kappa shape index (κ1) is 8.58. The Kier molecular flexibility index (Phi) is 3.13. The fourth-order valence-corrected chi connectivity index (χ4v) is 0.691. The number of rotatable bonds is 3. The molecular weight excluding hydrogens is 156 g/mol. The topological polar surface area (TPSA) is 71.9 Å². The van der Waals surface area contributed by atoms with E-state index in [4.69, 9.17) is 0 Å². The van der Waals surface area contributed by atoms with E-state index < -0.39 is 0 Å². The average molecular weight is 167 g/mol. The maximum Gasteiger partial charge on any atom is 0.342 e. The van der Waals surface area contributed by atoms with Gasteiger partial charge in [0.2, 0.25) is 0 Å². The lowest BCUT2D eigenvalue weighted by Gasteiger charge is -1.99. The van der Waals surface area contributed by atoms with Gasteiger partial charge in [-0.05, 0) is 6.42 Å². The largest absolute Gasteiger partial charge is 0.342 e. The molecule has 0 aliphatic rings. The number of carbonyl (C=O) groups is 1. The van der Waals surface area contributed by atoms with Gasteiger partial charge in [-0.3, -0.25) is 0 Å². The minimum Gasteiger partial charge on any atom is -0.336 e. The average Bonchev–Trinajstić information content (AvgIpc) is 2.53. The molecule has 0 aromatic carbocycles. The van der Waals surface area contributed by atoms with Crippen LogP contribution >= 0.6 is 0 Å². The van der Waals surface area contributed by atoms with Crippen molar-refractivity contribution in [3.63, 3.8) is 0 Å². The van der Waals surface area contributed by atoms with Crippen molar-refractivity contribution < 1.29 is 4.79 Å². The number of imidazole rings is 1. The molecule has 0 saturated heterocycles. The first-order valence-electron chi connectivity index (χ1n) is 3.81. The van der Waals surface area contributed by atoms with Crippen molar-refractivity contribution in [3.05, 3.63) is 12.5 Å². The molecule has 65 valence electrons. The molecule has 5 heteroatoms. The number of urea groups is 1. The predicted molar refractivity (Wildman–Crippen MR) is 44.1 cm³/mol. The minimum atomic E-state index is -0.332. The fourth-order valence-electron chi connectivity index (χ4n) is 0.691. The summed E-state index contributed by atoms with van der Waals surface area (Å²) < 4.78 is 0. The van der Waals surface area contributed by atoms with E-state index in [2.05, 4.69) is 20.6 Å². The molecule has 0 unspecified atom stereocenters. The highest BCUT2D eigenvalue weighted by Crippen LogP contribution is 1.96. The number of nitrogens with zero attached hydrogens (tertiary/aromatic N) is 2. The van der Waals surface area contributed by atoms with Crippen LogP contribution in [0.3, 0.4) is 0 Å². The van der Waals surface area contributed by atoms with Crippen LogP contribution in [0.2, 0.25) is 0 Å². The Balaban J connectivity index is 2.27. The third kappa shape index (κ3) is 2.61. The van der Waals surface area contributed by atoms with Crippen LogP contribution in [-0.2, 0) is 0 Å². The lowest BCUT2D eigenvalue weighted by Crippen LogP contribution is -2.28. The quantitative estimate of drug-likeness (QED) is 0.697. The third-order valence-corrected chi connectivity index (χ3v) is 1.23. The molecule has 1 aromatic heterocycles. The molecule has 1 heterocycles. The Labute approximate surface area is 70.6 Å². The van der Waals surface area contributed by atoms with Gasteiger partial charge in [0.25, 0.3) is 0 Å². The van der Waals surface area contributed by atoms with Crippen molar-refractivity contribution in [3.8, 4) is 0 Å². The predicted octanol–water partition coefficient (Wildman–Crippen LogP) is 0.765. The van der Waals surface area contributed by atoms with Gasteiger partial charge < -0.3 is 10.3 Å². The first-order valence-corrected chi connectivity index (χ1v) is 3.81. The third-order valence-electron chi connectivity index (χ3n) is 1.23. The molecule has 0 spiro atoms. The van der Waals surface area contributed by atoms with Crippen LogP contribution in [0, 0.1) is 0 Å². The van der Waals surface area contributed by atoms with Crippen LogP contribution in [0.15, 0.2) is 12.5 Å². The van der Waals surface area contributed by atoms with Gasteiger partial charge in [0.05, 0.1) is 12.5 Å². The summed E-state index contributed by atoms with van der Waals surface area (Å²) in [7, 11) is 0. The van der Waals surface area contributed by atoms with E-state index in [1.165, 1.54) is 12.5 Å². The number of amides is 2. The zero-order valence-electron chi connectivity index (χ0n) is 6.87. The summed E-state index contributed by atoms with van der Waals surface area (Å²) >= 11 is 0. The molecule has 0 saturated carbocycles. The second-order valence-electron chi connectivity index (χ2n) is 2.28. The molecular formula is C7H11N4O. The molecule has 0 fully saturated rings. The van der Waals surface area contributed by atoms with Crippen LogP contribution in [0.1, 0.15) is 13.3 Å². The van der Waals surface area contributed by atoms with E-state index in [1.54, 1.807) is 0 Å². The van der Waals surface area contributed by atoms with Gasteiger partial charge in [-0.1, -0.05) is 6.92 Å². The second kappa shape index (κ2) is 4.38. The van der Waals surface area contributed by atoms with E-state index in [0.29, 0.717) is 12.4 Å². The van der Waals surface area contributed by atoms with Gasteiger partial charge in [-0.25, -0.2) is 9.78 Å². The van der Waals surface area contributed by atoms with Gasteiger partial charge >= 0.3 is 6.03 Å². The van der Waals surface area contributed by atoms with Crippen LogP contribution in [0.4, 0.5) is 10.6 Å². The lowest BCUT2D eigenvalue weighted by atomic mass is 10.5. The minimum absolute atomic E-state index is 0.332. The van der Waals surface area contributed by atoms with Crippen molar-refractivity contribution in [1.29, 1.82) is 0 Å². The number of hydrogen-bond acceptors (Lipinski definition) is 2. The standard InChI is InChI=1S/C7H11N4O/c1-2-3-9-7(12)11-6-4-8-5-10-6/h4-5H,2-3H2,1H3,(H,8,10)(H,9,12). The van der Waals surface area contributed by atoms with E-state index in [9.17, 15) is 4.79 Å². The van der Waals surface area contributed by atoms with Gasteiger partial charge in [0.15, 0.2) is 5.82 Å². The summed E-state index contributed by atoms with van der Waals surface area (Å²) in [6.07, 6.45) is 3.88. The van der Waals surface area contributed by atoms with Crippen molar-refractivity contribution in [2.24, 2.45) is 0 Å². The molecule has 1 radical (unpaired) electrons. The molecule has 1 aromatic rings. The van der Waals surface area contributed by atoms with Crippen LogP contribution in [0.5, 0.6) is 0 Å². The van der Waals surface area contributed by atoms with Crippen molar-refractivity contribution in [2.45, 2.75) is 13.3 Å². The molecule has 0 aliphatic carbocycles. The summed E-state index contributed by atoms with van der Waals surface area (Å²) in [5.41, 5.74) is 0. The maximum absolute atomic E-state index is 10.9. The molecule has 0 atom stereocenters. The maximum atomic E-state index is 10.9. The monoisotopic (exact) mass is 167 g/mol. The van der Waals surface area contributed by atoms with Crippen molar-refractivity contribution in [1.82, 2.24) is 20.6 Å². The number of hydrogen-bond donors (Lipinski definition) is 2. The van der Waals surface area contributed by atoms with Gasteiger partial charge in [0, 0.05) is 6.54 Å². The second-order valence-corrected chi connectivity index (χ2v) is 2.28. The zero-order valence-corrected chi connectivity index (χ0v) is 6.87. The highest BCUT2D eigenvalue weighted by molar-refractivity contribution is 5.77. The molecule has 0 bridgehead atoms. The number of aromatic nitrogens is 2. The first-order chi connectivity index (χ1) is 5.83.